The zero-order valence-electron chi connectivity index (χ0n) is 6.17. The molecule has 0 rings (SSSR count). The number of aliphatic hydroxyl groups excluding tert-OH is 4. The normalized spacial score (nSPS) is 21.1. The summed E-state index contributed by atoms with van der Waals surface area (Å²) in [7, 11) is 0. The number of alkyl halides is 1. The highest BCUT2D eigenvalue weighted by atomic mass is 19.1. The van der Waals surface area contributed by atoms with Gasteiger partial charge in [0.2, 0.25) is 0 Å². The van der Waals surface area contributed by atoms with Crippen molar-refractivity contribution < 1.29 is 29.6 Å². The first-order chi connectivity index (χ1) is 5.54. The monoisotopic (exact) mass is 182 g/mol. The van der Waals surface area contributed by atoms with E-state index in [-0.39, 0.29) is 6.29 Å². The molecule has 0 fully saturated rings. The Kier molecular flexibility index (Phi) is 4.91. The predicted octanol–water partition coefficient (Wildman–Crippen LogP) is -2.40. The highest BCUT2D eigenvalue weighted by molar-refractivity contribution is 5.56. The van der Waals surface area contributed by atoms with Gasteiger partial charge in [-0.2, -0.15) is 0 Å². The van der Waals surface area contributed by atoms with Crippen LogP contribution in [0.3, 0.4) is 0 Å². The fourth-order valence-corrected chi connectivity index (χ4v) is 0.604. The van der Waals surface area contributed by atoms with Crippen LogP contribution in [0, 0.1) is 0 Å². The first-order valence-corrected chi connectivity index (χ1v) is 3.29. The lowest BCUT2D eigenvalue weighted by Gasteiger charge is -2.21. The number of hydrogen-bond donors (Lipinski definition) is 4. The fraction of sp³-hybridized carbons (Fsp3) is 0.833. The summed E-state index contributed by atoms with van der Waals surface area (Å²) >= 11 is 0. The van der Waals surface area contributed by atoms with E-state index in [0.717, 1.165) is 0 Å². The van der Waals surface area contributed by atoms with Gasteiger partial charge in [0.15, 0.2) is 12.5 Å². The summed E-state index contributed by atoms with van der Waals surface area (Å²) in [6.07, 6.45) is -7.82. The van der Waals surface area contributed by atoms with Crippen LogP contribution in [-0.4, -0.2) is 57.8 Å². The fourth-order valence-electron chi connectivity index (χ4n) is 0.604. The molecule has 0 aromatic heterocycles. The number of aldehydes is 1. The zero-order chi connectivity index (χ0) is 9.72. The smallest absolute Gasteiger partial charge is 0.151 e. The van der Waals surface area contributed by atoms with Crippen LogP contribution < -0.4 is 0 Å². The summed E-state index contributed by atoms with van der Waals surface area (Å²) in [5.41, 5.74) is 0. The third-order valence-corrected chi connectivity index (χ3v) is 1.38. The Morgan fingerprint density at radius 1 is 1.25 bits per heavy atom. The van der Waals surface area contributed by atoms with Gasteiger partial charge < -0.3 is 25.2 Å². The van der Waals surface area contributed by atoms with Crippen molar-refractivity contribution in [3.05, 3.63) is 0 Å². The van der Waals surface area contributed by atoms with Gasteiger partial charge in [0.1, 0.15) is 18.3 Å². The number of rotatable bonds is 5. The van der Waals surface area contributed by atoms with E-state index >= 15 is 0 Å². The number of carbonyl (C=O) groups excluding carboxylic acids is 1. The molecule has 4 atom stereocenters. The third-order valence-electron chi connectivity index (χ3n) is 1.38. The maximum atomic E-state index is 12.4. The van der Waals surface area contributed by atoms with Crippen molar-refractivity contribution in [1.82, 2.24) is 0 Å². The molecule has 0 spiro atoms. The van der Waals surface area contributed by atoms with Gasteiger partial charge in [0.05, 0.1) is 6.61 Å². The molecule has 0 radical (unpaired) electrons. The van der Waals surface area contributed by atoms with Crippen molar-refractivity contribution in [3.8, 4) is 0 Å². The lowest BCUT2D eigenvalue weighted by atomic mass is 10.1. The molecular formula is C6H11FO5. The van der Waals surface area contributed by atoms with Crippen LogP contribution in [0.2, 0.25) is 0 Å². The third kappa shape index (κ3) is 2.82. The predicted molar refractivity (Wildman–Crippen MR) is 36.1 cm³/mol. The summed E-state index contributed by atoms with van der Waals surface area (Å²) in [6.45, 7) is -0.982. The van der Waals surface area contributed by atoms with Crippen molar-refractivity contribution in [2.75, 3.05) is 6.61 Å². The Labute approximate surface area is 68.1 Å². The molecule has 0 saturated heterocycles. The molecule has 4 N–H and O–H groups in total. The lowest BCUT2D eigenvalue weighted by molar-refractivity contribution is -0.131. The average molecular weight is 182 g/mol. The second kappa shape index (κ2) is 5.15. The molecule has 0 aliphatic heterocycles. The van der Waals surface area contributed by atoms with Crippen molar-refractivity contribution in [1.29, 1.82) is 0 Å². The molecule has 5 nitrogen and oxygen atoms in total. The van der Waals surface area contributed by atoms with Gasteiger partial charge in [0, 0.05) is 0 Å². The molecule has 0 aliphatic carbocycles. The first kappa shape index (κ1) is 11.4. The molecule has 0 aromatic carbocycles. The number of halogens is 1. The largest absolute Gasteiger partial charge is 0.393 e. The highest BCUT2D eigenvalue weighted by Crippen LogP contribution is 2.06. The minimum absolute atomic E-state index is 0.0298. The van der Waals surface area contributed by atoms with Crippen LogP contribution in [0.15, 0.2) is 0 Å². The Hall–Kier alpha value is -0.560. The molecule has 0 amide bonds. The highest BCUT2D eigenvalue weighted by Gasteiger charge is 2.30. The molecular weight excluding hydrogens is 171 g/mol. The van der Waals surface area contributed by atoms with Gasteiger partial charge in [-0.1, -0.05) is 0 Å². The van der Waals surface area contributed by atoms with Gasteiger partial charge in [-0.15, -0.1) is 0 Å². The molecule has 0 heterocycles. The van der Waals surface area contributed by atoms with Crippen LogP contribution >= 0.6 is 0 Å². The van der Waals surface area contributed by atoms with Crippen LogP contribution in [0.1, 0.15) is 0 Å². The minimum atomic E-state index is -2.07. The second-order valence-electron chi connectivity index (χ2n) is 2.31. The maximum absolute atomic E-state index is 12.4. The second-order valence-corrected chi connectivity index (χ2v) is 2.31. The van der Waals surface area contributed by atoms with E-state index in [2.05, 4.69) is 0 Å². The van der Waals surface area contributed by atoms with Gasteiger partial charge in [-0.25, -0.2) is 4.39 Å². The molecule has 6 heteroatoms. The summed E-state index contributed by atoms with van der Waals surface area (Å²) < 4.78 is 12.4. The SMILES string of the molecule is O=C[C@H](O)[C@@H](O)[C@H](O)[C@H](F)CO. The van der Waals surface area contributed by atoms with E-state index in [0.29, 0.717) is 0 Å². The Balaban J connectivity index is 4.07. The van der Waals surface area contributed by atoms with Gasteiger partial charge in [0.25, 0.3) is 0 Å². The average Bonchev–Trinajstić information content (AvgIpc) is 2.12. The molecule has 72 valence electrons. The molecule has 0 bridgehead atoms. The van der Waals surface area contributed by atoms with Crippen LogP contribution in [0.25, 0.3) is 0 Å². The molecule has 0 saturated carbocycles. The van der Waals surface area contributed by atoms with Crippen LogP contribution in [0.4, 0.5) is 4.39 Å². The van der Waals surface area contributed by atoms with E-state index in [1.165, 1.54) is 0 Å². The van der Waals surface area contributed by atoms with Crippen molar-refractivity contribution in [3.63, 3.8) is 0 Å². The molecule has 0 unspecified atom stereocenters. The maximum Gasteiger partial charge on any atom is 0.151 e. The Morgan fingerprint density at radius 2 is 1.75 bits per heavy atom. The number of carbonyl (C=O) groups is 1. The number of aliphatic hydroxyl groups is 4. The van der Waals surface area contributed by atoms with Crippen molar-refractivity contribution in [2.45, 2.75) is 24.5 Å². The Bertz CT molecular complexity index is 142. The van der Waals surface area contributed by atoms with Crippen molar-refractivity contribution in [2.24, 2.45) is 0 Å². The van der Waals surface area contributed by atoms with E-state index < -0.39 is 31.1 Å². The summed E-state index contributed by atoms with van der Waals surface area (Å²) in [5, 5.41) is 34.4. The minimum Gasteiger partial charge on any atom is -0.393 e. The van der Waals surface area contributed by atoms with Crippen LogP contribution in [-0.2, 0) is 4.79 Å². The van der Waals surface area contributed by atoms with Crippen LogP contribution in [0.5, 0.6) is 0 Å². The topological polar surface area (TPSA) is 98.0 Å². The number of hydrogen-bond acceptors (Lipinski definition) is 5. The van der Waals surface area contributed by atoms with Gasteiger partial charge in [-0.3, -0.25) is 0 Å². The van der Waals surface area contributed by atoms with E-state index in [9.17, 15) is 9.18 Å². The van der Waals surface area contributed by atoms with Gasteiger partial charge in [-0.05, 0) is 0 Å². The van der Waals surface area contributed by atoms with E-state index in [1.54, 1.807) is 0 Å². The molecule has 0 aromatic rings. The quantitative estimate of drug-likeness (QED) is 0.355. The lowest BCUT2D eigenvalue weighted by Crippen LogP contribution is -2.44. The summed E-state index contributed by atoms with van der Waals surface area (Å²) in [4.78, 5) is 9.86. The molecule has 12 heavy (non-hydrogen) atoms. The zero-order valence-corrected chi connectivity index (χ0v) is 6.17. The standard InChI is InChI=1S/C6H11FO5/c7-3(1-8)5(11)6(12)4(10)2-9/h2-6,8,10-12H,1H2/t3-,4+,5-,6-/m1/s1. The van der Waals surface area contributed by atoms with Gasteiger partial charge >= 0.3 is 0 Å². The first-order valence-electron chi connectivity index (χ1n) is 3.29. The van der Waals surface area contributed by atoms with Crippen molar-refractivity contribution >= 4 is 6.29 Å². The Morgan fingerprint density at radius 3 is 2.08 bits per heavy atom. The van der Waals surface area contributed by atoms with E-state index in [4.69, 9.17) is 20.4 Å². The van der Waals surface area contributed by atoms with E-state index in [1.807, 2.05) is 0 Å². The molecule has 0 aliphatic rings. The summed E-state index contributed by atoms with van der Waals surface area (Å²) in [5.74, 6) is 0. The summed E-state index contributed by atoms with van der Waals surface area (Å²) in [6, 6.07) is 0.